The molecule has 1 N–H and O–H groups in total. The van der Waals surface area contributed by atoms with E-state index in [1.165, 1.54) is 16.2 Å². The monoisotopic (exact) mass is 290 g/mol. The minimum absolute atomic E-state index is 0.0408. The molecule has 0 fully saturated rings. The number of aryl methyl sites for hydroxylation is 2. The molecule has 2 rings (SSSR count). The molecule has 2 aromatic heterocycles. The molecule has 0 aromatic carbocycles. The lowest BCUT2D eigenvalue weighted by Gasteiger charge is -2.06. The number of nitrogens with one attached hydrogen (secondary N) is 1. The van der Waals surface area contributed by atoms with Crippen molar-refractivity contribution in [1.29, 1.82) is 0 Å². The number of aromatic nitrogens is 1. The highest BCUT2D eigenvalue weighted by Gasteiger charge is 2.10. The van der Waals surface area contributed by atoms with Crippen LogP contribution in [0.25, 0.3) is 0 Å². The van der Waals surface area contributed by atoms with Crippen molar-refractivity contribution < 1.29 is 9.53 Å². The van der Waals surface area contributed by atoms with E-state index < -0.39 is 0 Å². The third kappa shape index (κ3) is 3.57. The number of carbonyl (C=O) groups is 1. The number of hydrogen-bond acceptors (Lipinski definition) is 4. The minimum atomic E-state index is -0.0408. The zero-order chi connectivity index (χ0) is 14.5. The van der Waals surface area contributed by atoms with Crippen molar-refractivity contribution in [2.24, 2.45) is 0 Å². The Morgan fingerprint density at radius 3 is 2.85 bits per heavy atom. The summed E-state index contributed by atoms with van der Waals surface area (Å²) in [5.74, 6) is 0.544. The zero-order valence-electron chi connectivity index (χ0n) is 11.9. The summed E-state index contributed by atoms with van der Waals surface area (Å²) < 4.78 is 5.34. The average molecular weight is 290 g/mol. The number of rotatable bonds is 5. The summed E-state index contributed by atoms with van der Waals surface area (Å²) in [4.78, 5) is 18.1. The Morgan fingerprint density at radius 2 is 2.20 bits per heavy atom. The molecule has 0 aliphatic rings. The number of nitrogens with zero attached hydrogens (tertiary/aromatic N) is 1. The van der Waals surface area contributed by atoms with Gasteiger partial charge in [-0.2, -0.15) is 0 Å². The van der Waals surface area contributed by atoms with Crippen LogP contribution in [-0.2, 0) is 6.54 Å². The Balaban J connectivity index is 1.97. The van der Waals surface area contributed by atoms with E-state index in [1.807, 2.05) is 39.0 Å². The molecule has 0 radical (unpaired) electrons. The van der Waals surface area contributed by atoms with Gasteiger partial charge in [0.2, 0.25) is 5.88 Å². The van der Waals surface area contributed by atoms with Crippen molar-refractivity contribution >= 4 is 17.2 Å². The fourth-order valence-corrected chi connectivity index (χ4v) is 2.69. The first-order chi connectivity index (χ1) is 9.60. The SMILES string of the molecule is CCOc1cc(CNC(=O)c2cc(C)c(C)s2)ccn1. The van der Waals surface area contributed by atoms with E-state index in [4.69, 9.17) is 4.74 Å². The zero-order valence-corrected chi connectivity index (χ0v) is 12.7. The van der Waals surface area contributed by atoms with Crippen LogP contribution in [-0.4, -0.2) is 17.5 Å². The predicted octanol–water partition coefficient (Wildman–Crippen LogP) is 3.09. The van der Waals surface area contributed by atoms with Crippen LogP contribution in [0.1, 0.15) is 32.6 Å². The van der Waals surface area contributed by atoms with Gasteiger partial charge in [-0.25, -0.2) is 4.98 Å². The van der Waals surface area contributed by atoms with Crippen molar-refractivity contribution in [3.63, 3.8) is 0 Å². The van der Waals surface area contributed by atoms with Gasteiger partial charge in [-0.05, 0) is 44.0 Å². The van der Waals surface area contributed by atoms with E-state index in [2.05, 4.69) is 10.3 Å². The van der Waals surface area contributed by atoms with Crippen LogP contribution in [0.4, 0.5) is 0 Å². The van der Waals surface area contributed by atoms with Gasteiger partial charge in [0.1, 0.15) is 0 Å². The van der Waals surface area contributed by atoms with Gasteiger partial charge in [0.15, 0.2) is 0 Å². The van der Waals surface area contributed by atoms with Crippen LogP contribution in [0.2, 0.25) is 0 Å². The average Bonchev–Trinajstić information content (AvgIpc) is 2.77. The molecule has 0 saturated carbocycles. The van der Waals surface area contributed by atoms with Gasteiger partial charge in [0.25, 0.3) is 5.91 Å². The summed E-state index contributed by atoms with van der Waals surface area (Å²) >= 11 is 1.52. The molecule has 20 heavy (non-hydrogen) atoms. The van der Waals surface area contributed by atoms with E-state index in [-0.39, 0.29) is 5.91 Å². The molecule has 0 aliphatic carbocycles. The molecule has 4 nitrogen and oxygen atoms in total. The minimum Gasteiger partial charge on any atom is -0.478 e. The molecule has 0 aliphatic heterocycles. The third-order valence-electron chi connectivity index (χ3n) is 2.93. The highest BCUT2D eigenvalue weighted by molar-refractivity contribution is 7.14. The summed E-state index contributed by atoms with van der Waals surface area (Å²) in [6.07, 6.45) is 1.69. The second-order valence-corrected chi connectivity index (χ2v) is 5.72. The van der Waals surface area contributed by atoms with E-state index in [0.717, 1.165) is 16.0 Å². The van der Waals surface area contributed by atoms with Crippen molar-refractivity contribution in [3.8, 4) is 5.88 Å². The van der Waals surface area contributed by atoms with Gasteiger partial charge < -0.3 is 10.1 Å². The maximum atomic E-state index is 12.0. The summed E-state index contributed by atoms with van der Waals surface area (Å²) in [5, 5.41) is 2.91. The normalized spacial score (nSPS) is 10.3. The second-order valence-electron chi connectivity index (χ2n) is 4.47. The first-order valence-corrected chi connectivity index (χ1v) is 7.34. The highest BCUT2D eigenvalue weighted by Crippen LogP contribution is 2.20. The Morgan fingerprint density at radius 1 is 1.40 bits per heavy atom. The molecule has 0 spiro atoms. The number of hydrogen-bond donors (Lipinski definition) is 1. The molecule has 5 heteroatoms. The lowest BCUT2D eigenvalue weighted by molar-refractivity contribution is 0.0955. The number of thiophene rings is 1. The topological polar surface area (TPSA) is 51.2 Å². The van der Waals surface area contributed by atoms with Gasteiger partial charge in [-0.3, -0.25) is 4.79 Å². The largest absolute Gasteiger partial charge is 0.478 e. The smallest absolute Gasteiger partial charge is 0.261 e. The van der Waals surface area contributed by atoms with Crippen LogP contribution in [0.3, 0.4) is 0 Å². The summed E-state index contributed by atoms with van der Waals surface area (Å²) in [6, 6.07) is 5.63. The standard InChI is InChI=1S/C15H18N2O2S/c1-4-19-14-8-12(5-6-16-14)9-17-15(18)13-7-10(2)11(3)20-13/h5-8H,4,9H2,1-3H3,(H,17,18). The lowest BCUT2D eigenvalue weighted by atomic mass is 10.2. The number of carbonyl (C=O) groups excluding carboxylic acids is 1. The lowest BCUT2D eigenvalue weighted by Crippen LogP contribution is -2.21. The molecular weight excluding hydrogens is 272 g/mol. The van der Waals surface area contributed by atoms with Crippen molar-refractivity contribution in [2.45, 2.75) is 27.3 Å². The van der Waals surface area contributed by atoms with Gasteiger partial charge in [-0.1, -0.05) is 0 Å². The molecule has 106 valence electrons. The highest BCUT2D eigenvalue weighted by atomic mass is 32.1. The Bertz CT molecular complexity index is 588. The maximum absolute atomic E-state index is 12.0. The van der Waals surface area contributed by atoms with Crippen molar-refractivity contribution in [1.82, 2.24) is 10.3 Å². The van der Waals surface area contributed by atoms with Gasteiger partial charge in [0, 0.05) is 23.7 Å². The van der Waals surface area contributed by atoms with E-state index in [1.54, 1.807) is 6.20 Å². The molecule has 0 bridgehead atoms. The molecule has 0 unspecified atom stereocenters. The van der Waals surface area contributed by atoms with E-state index >= 15 is 0 Å². The quantitative estimate of drug-likeness (QED) is 0.920. The van der Waals surface area contributed by atoms with Crippen LogP contribution in [0, 0.1) is 13.8 Å². The summed E-state index contributed by atoms with van der Waals surface area (Å²) in [6.45, 7) is 7.00. The fourth-order valence-electron chi connectivity index (χ4n) is 1.74. The van der Waals surface area contributed by atoms with Crippen LogP contribution in [0.15, 0.2) is 24.4 Å². The molecular formula is C15H18N2O2S. The number of pyridine rings is 1. The first kappa shape index (κ1) is 14.5. The first-order valence-electron chi connectivity index (χ1n) is 6.53. The third-order valence-corrected chi connectivity index (χ3v) is 4.09. The Kier molecular flexibility index (Phi) is 4.74. The van der Waals surface area contributed by atoms with Gasteiger partial charge in [-0.15, -0.1) is 11.3 Å². The molecule has 2 aromatic rings. The second kappa shape index (κ2) is 6.52. The Hall–Kier alpha value is -1.88. The van der Waals surface area contributed by atoms with Crippen LogP contribution < -0.4 is 10.1 Å². The van der Waals surface area contributed by atoms with Crippen LogP contribution in [0.5, 0.6) is 5.88 Å². The molecule has 1 amide bonds. The summed E-state index contributed by atoms with van der Waals surface area (Å²) in [7, 11) is 0. The molecule has 0 atom stereocenters. The van der Waals surface area contributed by atoms with Crippen molar-refractivity contribution in [2.75, 3.05) is 6.61 Å². The van der Waals surface area contributed by atoms with E-state index in [9.17, 15) is 4.79 Å². The van der Waals surface area contributed by atoms with Crippen LogP contribution >= 0.6 is 11.3 Å². The molecule has 2 heterocycles. The van der Waals surface area contributed by atoms with Gasteiger partial charge in [0.05, 0.1) is 11.5 Å². The van der Waals surface area contributed by atoms with Gasteiger partial charge >= 0.3 is 0 Å². The van der Waals surface area contributed by atoms with Crippen molar-refractivity contribution in [3.05, 3.63) is 45.3 Å². The number of ether oxygens (including phenoxy) is 1. The fraction of sp³-hybridized carbons (Fsp3) is 0.333. The van der Waals surface area contributed by atoms with E-state index in [0.29, 0.717) is 19.0 Å². The number of amides is 1. The molecule has 0 saturated heterocycles. The maximum Gasteiger partial charge on any atom is 0.261 e. The Labute approximate surface area is 122 Å². The summed E-state index contributed by atoms with van der Waals surface area (Å²) in [5.41, 5.74) is 2.13. The predicted molar refractivity (Wildman–Crippen MR) is 80.4 cm³/mol.